The maximum Gasteiger partial charge on any atom is 0.248 e. The van der Waals surface area contributed by atoms with Crippen molar-refractivity contribution in [3.63, 3.8) is 0 Å². The van der Waals surface area contributed by atoms with Crippen LogP contribution in [0.1, 0.15) is 39.1 Å². The zero-order valence-electron chi connectivity index (χ0n) is 16.2. The van der Waals surface area contributed by atoms with Gasteiger partial charge in [-0.25, -0.2) is 9.34 Å². The van der Waals surface area contributed by atoms with E-state index >= 15 is 0 Å². The van der Waals surface area contributed by atoms with Gasteiger partial charge in [0, 0.05) is 25.2 Å². The van der Waals surface area contributed by atoms with Crippen molar-refractivity contribution in [2.45, 2.75) is 65.3 Å². The summed E-state index contributed by atoms with van der Waals surface area (Å²) >= 11 is 0. The topological polar surface area (TPSA) is 32.8 Å². The fourth-order valence-corrected chi connectivity index (χ4v) is 9.14. The van der Waals surface area contributed by atoms with Gasteiger partial charge in [0.1, 0.15) is 0 Å². The molecule has 6 heteroatoms. The number of nitrogens with zero attached hydrogens (tertiary/aromatic N) is 2. The van der Waals surface area contributed by atoms with Crippen LogP contribution in [0.3, 0.4) is 0 Å². The highest BCUT2D eigenvalue weighted by atomic mass is 31.2. The van der Waals surface area contributed by atoms with Gasteiger partial charge in [-0.15, -0.1) is 0 Å². The Morgan fingerprint density at radius 3 is 1.79 bits per heavy atom. The van der Waals surface area contributed by atoms with Gasteiger partial charge in [-0.1, -0.05) is 30.3 Å². The monoisotopic (exact) mass is 368 g/mol. The molecular formula is C18H33N2O2PSi. The standard InChI is InChI=1S/C18H33N2O2PSi/c1-15(2)19-13-14-20(16(3)4)23(19,21)18(22-24(5,6)7)17-11-9-8-10-12-17/h8-12,15-16,18H,13-14H2,1-7H3. The average Bonchev–Trinajstić information content (AvgIpc) is 2.83. The molecular weight excluding hydrogens is 335 g/mol. The highest BCUT2D eigenvalue weighted by Gasteiger charge is 2.52. The van der Waals surface area contributed by atoms with Crippen LogP contribution in [-0.2, 0) is 8.99 Å². The molecule has 1 saturated heterocycles. The fourth-order valence-electron chi connectivity index (χ4n) is 3.37. The summed E-state index contributed by atoms with van der Waals surface area (Å²) in [6.07, 6.45) is 0. The van der Waals surface area contributed by atoms with Crippen LogP contribution in [-0.4, -0.2) is 42.8 Å². The first kappa shape index (κ1) is 19.9. The van der Waals surface area contributed by atoms with Crippen LogP contribution in [0.2, 0.25) is 19.6 Å². The van der Waals surface area contributed by atoms with Crippen LogP contribution in [0.4, 0.5) is 0 Å². The van der Waals surface area contributed by atoms with E-state index in [2.05, 4.69) is 68.8 Å². The van der Waals surface area contributed by atoms with Gasteiger partial charge >= 0.3 is 0 Å². The molecule has 1 aromatic carbocycles. The minimum Gasteiger partial charge on any atom is -0.402 e. The van der Waals surface area contributed by atoms with Gasteiger partial charge in [-0.05, 0) is 52.9 Å². The third-order valence-corrected chi connectivity index (χ3v) is 9.29. The van der Waals surface area contributed by atoms with E-state index in [9.17, 15) is 4.57 Å². The van der Waals surface area contributed by atoms with Crippen molar-refractivity contribution in [1.82, 2.24) is 9.34 Å². The van der Waals surface area contributed by atoms with Crippen molar-refractivity contribution in [2.75, 3.05) is 13.1 Å². The molecule has 1 aliphatic rings. The summed E-state index contributed by atoms with van der Waals surface area (Å²) in [6, 6.07) is 10.6. The lowest BCUT2D eigenvalue weighted by atomic mass is 10.2. The van der Waals surface area contributed by atoms with Crippen molar-refractivity contribution in [2.24, 2.45) is 0 Å². The van der Waals surface area contributed by atoms with Gasteiger partial charge in [0.05, 0.1) is 0 Å². The quantitative estimate of drug-likeness (QED) is 0.513. The fraction of sp³-hybridized carbons (Fsp3) is 0.667. The lowest BCUT2D eigenvalue weighted by Crippen LogP contribution is -2.36. The minimum absolute atomic E-state index is 0.232. The Balaban J connectivity index is 2.57. The summed E-state index contributed by atoms with van der Waals surface area (Å²) in [5.74, 6) is -0.377. The van der Waals surface area contributed by atoms with Gasteiger partial charge in [0.25, 0.3) is 0 Å². The van der Waals surface area contributed by atoms with Gasteiger partial charge in [0.15, 0.2) is 14.2 Å². The van der Waals surface area contributed by atoms with Crippen molar-refractivity contribution in [3.05, 3.63) is 35.9 Å². The molecule has 4 nitrogen and oxygen atoms in total. The molecule has 0 N–H and O–H groups in total. The molecule has 1 unspecified atom stereocenters. The first-order chi connectivity index (χ1) is 11.1. The van der Waals surface area contributed by atoms with Crippen LogP contribution in [0, 0.1) is 0 Å². The summed E-state index contributed by atoms with van der Waals surface area (Å²) in [7, 11) is -4.72. The minimum atomic E-state index is -2.85. The van der Waals surface area contributed by atoms with Crippen molar-refractivity contribution >= 4 is 15.8 Å². The van der Waals surface area contributed by atoms with E-state index < -0.39 is 15.8 Å². The van der Waals surface area contributed by atoms with E-state index in [0.29, 0.717) is 0 Å². The first-order valence-electron chi connectivity index (χ1n) is 8.94. The molecule has 0 amide bonds. The predicted molar refractivity (Wildman–Crippen MR) is 105 cm³/mol. The Labute approximate surface area is 148 Å². The van der Waals surface area contributed by atoms with Crippen LogP contribution in [0.5, 0.6) is 0 Å². The van der Waals surface area contributed by atoms with Gasteiger partial charge in [-0.2, -0.15) is 0 Å². The maximum atomic E-state index is 14.5. The number of hydrogen-bond donors (Lipinski definition) is 0. The SMILES string of the molecule is CC(C)N1CCN(C(C)C)P1(=O)C(O[Si](C)(C)C)c1ccccc1. The molecule has 1 fully saturated rings. The largest absolute Gasteiger partial charge is 0.402 e. The van der Waals surface area contributed by atoms with Crippen molar-refractivity contribution in [3.8, 4) is 0 Å². The predicted octanol–water partition coefficient (Wildman–Crippen LogP) is 5.16. The van der Waals surface area contributed by atoms with Gasteiger partial charge in [0.2, 0.25) is 7.44 Å². The van der Waals surface area contributed by atoms with E-state index in [1.54, 1.807) is 0 Å². The van der Waals surface area contributed by atoms with Crippen LogP contribution >= 0.6 is 7.44 Å². The smallest absolute Gasteiger partial charge is 0.248 e. The van der Waals surface area contributed by atoms with E-state index in [4.69, 9.17) is 4.43 Å². The first-order valence-corrected chi connectivity index (χ1v) is 14.0. The lowest BCUT2D eigenvalue weighted by molar-refractivity contribution is 0.236. The van der Waals surface area contributed by atoms with Gasteiger partial charge < -0.3 is 4.43 Å². The summed E-state index contributed by atoms with van der Waals surface area (Å²) < 4.78 is 25.4. The molecule has 0 radical (unpaired) electrons. The molecule has 24 heavy (non-hydrogen) atoms. The second-order valence-corrected chi connectivity index (χ2v) is 15.2. The molecule has 1 heterocycles. The second-order valence-electron chi connectivity index (χ2n) is 8.10. The highest BCUT2D eigenvalue weighted by molar-refractivity contribution is 7.59. The zero-order valence-corrected chi connectivity index (χ0v) is 18.1. The Hall–Kier alpha value is -0.453. The van der Waals surface area contributed by atoms with Crippen molar-refractivity contribution < 1.29 is 8.99 Å². The van der Waals surface area contributed by atoms with Crippen LogP contribution < -0.4 is 0 Å². The van der Waals surface area contributed by atoms with E-state index in [1.165, 1.54) is 0 Å². The molecule has 0 saturated carbocycles. The molecule has 2 rings (SSSR count). The maximum absolute atomic E-state index is 14.5. The van der Waals surface area contributed by atoms with Crippen LogP contribution in [0.15, 0.2) is 30.3 Å². The normalized spacial score (nSPS) is 20.9. The molecule has 136 valence electrons. The molecule has 1 aromatic rings. The number of benzene rings is 1. The summed E-state index contributed by atoms with van der Waals surface area (Å²) in [6.45, 7) is 16.7. The highest BCUT2D eigenvalue weighted by Crippen LogP contribution is 2.69. The van der Waals surface area contributed by atoms with E-state index in [-0.39, 0.29) is 17.9 Å². The Morgan fingerprint density at radius 2 is 1.42 bits per heavy atom. The Bertz CT molecular complexity index is 566. The summed E-state index contributed by atoms with van der Waals surface area (Å²) in [5, 5.41) is 0. The lowest BCUT2D eigenvalue weighted by Gasteiger charge is -2.41. The molecule has 0 aliphatic carbocycles. The third-order valence-electron chi connectivity index (χ3n) is 4.34. The van der Waals surface area contributed by atoms with Crippen LogP contribution in [0.25, 0.3) is 0 Å². The second kappa shape index (κ2) is 7.43. The third kappa shape index (κ3) is 4.02. The van der Waals surface area contributed by atoms with E-state index in [0.717, 1.165) is 18.7 Å². The summed E-state index contributed by atoms with van der Waals surface area (Å²) in [5.41, 5.74) is 1.03. The molecule has 1 aliphatic heterocycles. The molecule has 0 aromatic heterocycles. The average molecular weight is 369 g/mol. The van der Waals surface area contributed by atoms with E-state index in [1.807, 2.05) is 18.2 Å². The van der Waals surface area contributed by atoms with Crippen molar-refractivity contribution in [1.29, 1.82) is 0 Å². The molecule has 0 spiro atoms. The number of rotatable bonds is 6. The zero-order chi connectivity index (χ0) is 18.1. The molecule has 0 bridgehead atoms. The summed E-state index contributed by atoms with van der Waals surface area (Å²) in [4.78, 5) is 0. The Morgan fingerprint density at radius 1 is 0.958 bits per heavy atom. The number of hydrogen-bond acceptors (Lipinski definition) is 2. The molecule has 1 atom stereocenters. The van der Waals surface area contributed by atoms with Gasteiger partial charge in [-0.3, -0.25) is 4.57 Å². The Kier molecular flexibility index (Phi) is 6.15.